The average Bonchev–Trinajstić information content (AvgIpc) is 2.82. The summed E-state index contributed by atoms with van der Waals surface area (Å²) in [5.74, 6) is -0.932. The first-order chi connectivity index (χ1) is 9.08. The van der Waals surface area contributed by atoms with E-state index in [-0.39, 0.29) is 6.10 Å². The van der Waals surface area contributed by atoms with Gasteiger partial charge in [0.25, 0.3) is 0 Å². The van der Waals surface area contributed by atoms with Crippen molar-refractivity contribution in [2.24, 2.45) is 0 Å². The highest BCUT2D eigenvalue weighted by Crippen LogP contribution is 2.24. The van der Waals surface area contributed by atoms with E-state index in [1.54, 1.807) is 6.08 Å². The van der Waals surface area contributed by atoms with Crippen LogP contribution in [0.15, 0.2) is 30.3 Å². The molecular weight excluding hydrogens is 242 g/mol. The highest BCUT2D eigenvalue weighted by molar-refractivity contribution is 5.85. The summed E-state index contributed by atoms with van der Waals surface area (Å²) in [5.41, 5.74) is 2.00. The zero-order chi connectivity index (χ0) is 13.8. The number of benzene rings is 1. The maximum Gasteiger partial charge on any atom is 0.328 e. The highest BCUT2D eigenvalue weighted by atomic mass is 16.5. The molecule has 2 rings (SSSR count). The molecular formula is C15H19NO3. The first kappa shape index (κ1) is 13.6. The van der Waals surface area contributed by atoms with Crippen LogP contribution in [0.4, 0.5) is 5.69 Å². The maximum atomic E-state index is 10.4. The third-order valence-electron chi connectivity index (χ3n) is 3.55. The number of aliphatic carboxylic acids is 1. The largest absolute Gasteiger partial charge is 0.478 e. The molecule has 1 aliphatic rings. The molecule has 0 aromatic heterocycles. The van der Waals surface area contributed by atoms with E-state index < -0.39 is 5.97 Å². The number of nitrogens with zero attached hydrogens (tertiary/aromatic N) is 1. The van der Waals surface area contributed by atoms with E-state index in [0.29, 0.717) is 6.04 Å². The van der Waals surface area contributed by atoms with Crippen molar-refractivity contribution >= 4 is 17.7 Å². The molecule has 0 aliphatic carbocycles. The Morgan fingerprint density at radius 2 is 2.11 bits per heavy atom. The van der Waals surface area contributed by atoms with Gasteiger partial charge in [0.1, 0.15) is 0 Å². The fourth-order valence-corrected chi connectivity index (χ4v) is 2.41. The predicted molar refractivity (Wildman–Crippen MR) is 75.3 cm³/mol. The summed E-state index contributed by atoms with van der Waals surface area (Å²) in [4.78, 5) is 12.7. The number of hydrogen-bond acceptors (Lipinski definition) is 3. The van der Waals surface area contributed by atoms with Gasteiger partial charge < -0.3 is 14.7 Å². The topological polar surface area (TPSA) is 49.8 Å². The molecule has 1 fully saturated rings. The van der Waals surface area contributed by atoms with Gasteiger partial charge in [-0.1, -0.05) is 12.1 Å². The van der Waals surface area contributed by atoms with E-state index in [0.717, 1.165) is 30.4 Å². The Morgan fingerprint density at radius 3 is 2.63 bits per heavy atom. The lowest BCUT2D eigenvalue weighted by Crippen LogP contribution is -2.36. The number of carbonyl (C=O) groups is 1. The van der Waals surface area contributed by atoms with Crippen molar-refractivity contribution in [2.45, 2.75) is 25.5 Å². The van der Waals surface area contributed by atoms with Crippen LogP contribution in [0.25, 0.3) is 6.08 Å². The van der Waals surface area contributed by atoms with Crippen molar-refractivity contribution < 1.29 is 14.6 Å². The minimum atomic E-state index is -0.932. The van der Waals surface area contributed by atoms with Gasteiger partial charge in [-0.25, -0.2) is 4.79 Å². The molecule has 1 aromatic rings. The molecule has 2 atom stereocenters. The molecule has 102 valence electrons. The first-order valence-corrected chi connectivity index (χ1v) is 6.43. The fraction of sp³-hybridized carbons (Fsp3) is 0.400. The second kappa shape index (κ2) is 5.89. The van der Waals surface area contributed by atoms with Crippen molar-refractivity contribution in [2.75, 3.05) is 18.6 Å². The second-order valence-corrected chi connectivity index (χ2v) is 4.81. The Morgan fingerprint density at radius 1 is 1.42 bits per heavy atom. The Labute approximate surface area is 113 Å². The quantitative estimate of drug-likeness (QED) is 0.846. The van der Waals surface area contributed by atoms with Gasteiger partial charge in [0.05, 0.1) is 12.1 Å². The normalized spacial score (nSPS) is 22.8. The lowest BCUT2D eigenvalue weighted by Gasteiger charge is -2.28. The van der Waals surface area contributed by atoms with E-state index in [1.165, 1.54) is 0 Å². The van der Waals surface area contributed by atoms with Gasteiger partial charge in [-0.15, -0.1) is 0 Å². The molecule has 0 saturated carbocycles. The zero-order valence-electron chi connectivity index (χ0n) is 11.2. The van der Waals surface area contributed by atoms with Gasteiger partial charge in [-0.3, -0.25) is 0 Å². The molecule has 4 heteroatoms. The summed E-state index contributed by atoms with van der Waals surface area (Å²) in [5, 5.41) is 8.58. The van der Waals surface area contributed by atoms with Gasteiger partial charge in [0, 0.05) is 25.4 Å². The first-order valence-electron chi connectivity index (χ1n) is 6.43. The molecule has 1 aliphatic heterocycles. The van der Waals surface area contributed by atoms with Gasteiger partial charge in [0.15, 0.2) is 0 Å². The molecule has 0 spiro atoms. The molecule has 1 saturated heterocycles. The summed E-state index contributed by atoms with van der Waals surface area (Å²) in [6, 6.07) is 8.26. The lowest BCUT2D eigenvalue weighted by atomic mass is 10.1. The maximum absolute atomic E-state index is 10.4. The van der Waals surface area contributed by atoms with Crippen LogP contribution < -0.4 is 4.90 Å². The number of carboxylic acid groups (broad SMARTS) is 1. The van der Waals surface area contributed by atoms with E-state index in [9.17, 15) is 4.79 Å². The lowest BCUT2D eigenvalue weighted by molar-refractivity contribution is -0.131. The number of rotatable bonds is 4. The van der Waals surface area contributed by atoms with Crippen molar-refractivity contribution in [1.82, 2.24) is 0 Å². The van der Waals surface area contributed by atoms with Crippen LogP contribution in [0.3, 0.4) is 0 Å². The van der Waals surface area contributed by atoms with Gasteiger partial charge in [-0.05, 0) is 37.1 Å². The van der Waals surface area contributed by atoms with Crippen molar-refractivity contribution in [3.8, 4) is 0 Å². The molecule has 1 aromatic carbocycles. The summed E-state index contributed by atoms with van der Waals surface area (Å²) < 4.78 is 5.58. The van der Waals surface area contributed by atoms with Crippen LogP contribution in [0.1, 0.15) is 18.9 Å². The van der Waals surface area contributed by atoms with Crippen LogP contribution in [0.5, 0.6) is 0 Å². The van der Waals surface area contributed by atoms with E-state index >= 15 is 0 Å². The molecule has 0 radical (unpaired) electrons. The Kier molecular flexibility index (Phi) is 4.22. The SMILES string of the molecule is CC1OCCC1N(C)c1ccc(/C=C/C(=O)O)cc1. The summed E-state index contributed by atoms with van der Waals surface area (Å²) in [7, 11) is 2.07. The number of likely N-dealkylation sites (N-methyl/N-ethyl adjacent to an activating group) is 1. The highest BCUT2D eigenvalue weighted by Gasteiger charge is 2.27. The van der Waals surface area contributed by atoms with Crippen molar-refractivity contribution in [3.05, 3.63) is 35.9 Å². The minimum Gasteiger partial charge on any atom is -0.478 e. The molecule has 0 bridgehead atoms. The van der Waals surface area contributed by atoms with Crippen LogP contribution >= 0.6 is 0 Å². The number of hydrogen-bond donors (Lipinski definition) is 1. The van der Waals surface area contributed by atoms with Gasteiger partial charge >= 0.3 is 5.97 Å². The third kappa shape index (κ3) is 3.35. The molecule has 1 heterocycles. The van der Waals surface area contributed by atoms with Crippen LogP contribution in [0.2, 0.25) is 0 Å². The monoisotopic (exact) mass is 261 g/mol. The number of anilines is 1. The van der Waals surface area contributed by atoms with Crippen molar-refractivity contribution in [3.63, 3.8) is 0 Å². The van der Waals surface area contributed by atoms with Crippen LogP contribution in [-0.4, -0.2) is 36.9 Å². The Bertz CT molecular complexity index is 467. The van der Waals surface area contributed by atoms with Crippen LogP contribution in [0, 0.1) is 0 Å². The van der Waals surface area contributed by atoms with E-state index in [4.69, 9.17) is 9.84 Å². The van der Waals surface area contributed by atoms with Gasteiger partial charge in [-0.2, -0.15) is 0 Å². The Hall–Kier alpha value is -1.81. The second-order valence-electron chi connectivity index (χ2n) is 4.81. The molecule has 4 nitrogen and oxygen atoms in total. The van der Waals surface area contributed by atoms with Crippen molar-refractivity contribution in [1.29, 1.82) is 0 Å². The van der Waals surface area contributed by atoms with E-state index in [2.05, 4.69) is 18.9 Å². The molecule has 2 unspecified atom stereocenters. The summed E-state index contributed by atoms with van der Waals surface area (Å²) >= 11 is 0. The summed E-state index contributed by atoms with van der Waals surface area (Å²) in [6.45, 7) is 2.91. The average molecular weight is 261 g/mol. The summed E-state index contributed by atoms with van der Waals surface area (Å²) in [6.07, 6.45) is 4.02. The van der Waals surface area contributed by atoms with Crippen LogP contribution in [-0.2, 0) is 9.53 Å². The van der Waals surface area contributed by atoms with Gasteiger partial charge in [0.2, 0.25) is 0 Å². The smallest absolute Gasteiger partial charge is 0.328 e. The minimum absolute atomic E-state index is 0.247. The zero-order valence-corrected chi connectivity index (χ0v) is 11.2. The predicted octanol–water partition coefficient (Wildman–Crippen LogP) is 2.40. The Balaban J connectivity index is 2.07. The number of ether oxygens (including phenoxy) is 1. The standard InChI is InChI=1S/C15H19NO3/c1-11-14(9-10-19-11)16(2)13-6-3-12(4-7-13)5-8-15(17)18/h3-8,11,14H,9-10H2,1-2H3,(H,17,18)/b8-5+. The third-order valence-corrected chi connectivity index (χ3v) is 3.55. The molecule has 1 N–H and O–H groups in total. The number of carboxylic acids is 1. The molecule has 19 heavy (non-hydrogen) atoms. The molecule has 0 amide bonds. The fourth-order valence-electron chi connectivity index (χ4n) is 2.41. The van der Waals surface area contributed by atoms with E-state index in [1.807, 2.05) is 24.3 Å².